The van der Waals surface area contributed by atoms with Crippen molar-refractivity contribution in [1.82, 2.24) is 5.32 Å². The van der Waals surface area contributed by atoms with E-state index < -0.39 is 11.7 Å². The quantitative estimate of drug-likeness (QED) is 0.274. The fraction of sp³-hybridized carbons (Fsp3) is 0.905. The molecule has 0 aliphatic carbocycles. The molecule has 1 atom stereocenters. The SMILES string of the molecule is CC(C)(C)OCC(C=O)COCCOCCOCCOCCNC(=O)OC(C)(C)C. The number of aldehydes is 1. The van der Waals surface area contributed by atoms with Crippen LogP contribution >= 0.6 is 0 Å². The Labute approximate surface area is 181 Å². The minimum absolute atomic E-state index is 0.271. The fourth-order valence-corrected chi connectivity index (χ4v) is 1.92. The first-order chi connectivity index (χ1) is 14.0. The summed E-state index contributed by atoms with van der Waals surface area (Å²) in [5.41, 5.74) is -0.779. The Hall–Kier alpha value is -1.26. The van der Waals surface area contributed by atoms with E-state index in [2.05, 4.69) is 5.32 Å². The van der Waals surface area contributed by atoms with Crippen molar-refractivity contribution in [1.29, 1.82) is 0 Å². The molecule has 0 rings (SSSR count). The Balaban J connectivity index is 3.37. The van der Waals surface area contributed by atoms with Gasteiger partial charge in [0.2, 0.25) is 0 Å². The normalized spacial score (nSPS) is 13.1. The number of hydrogen-bond acceptors (Lipinski definition) is 8. The summed E-state index contributed by atoms with van der Waals surface area (Å²) in [6.45, 7) is 15.3. The van der Waals surface area contributed by atoms with E-state index >= 15 is 0 Å². The standard InChI is InChI=1S/C21H41NO8/c1-20(2,3)29-17-18(15-23)16-28-14-13-27-12-11-26-10-9-25-8-7-22-19(24)30-21(4,5)6/h15,18H,7-14,16-17H2,1-6H3,(H,22,24). The molecule has 0 saturated heterocycles. The van der Waals surface area contributed by atoms with Crippen molar-refractivity contribution < 1.29 is 38.0 Å². The number of amides is 1. The van der Waals surface area contributed by atoms with E-state index in [4.69, 9.17) is 28.4 Å². The Morgan fingerprint density at radius 1 is 0.767 bits per heavy atom. The van der Waals surface area contributed by atoms with Crippen LogP contribution in [0.3, 0.4) is 0 Å². The molecule has 0 radical (unpaired) electrons. The summed E-state index contributed by atoms with van der Waals surface area (Å²) in [5, 5.41) is 2.61. The smallest absolute Gasteiger partial charge is 0.407 e. The lowest BCUT2D eigenvalue weighted by atomic mass is 10.1. The molecular weight excluding hydrogens is 394 g/mol. The summed E-state index contributed by atoms with van der Waals surface area (Å²) in [4.78, 5) is 22.4. The van der Waals surface area contributed by atoms with E-state index in [0.29, 0.717) is 66.0 Å². The van der Waals surface area contributed by atoms with Gasteiger partial charge in [-0.2, -0.15) is 0 Å². The molecule has 1 N–H and O–H groups in total. The van der Waals surface area contributed by atoms with Crippen LogP contribution in [-0.2, 0) is 33.2 Å². The Kier molecular flexibility index (Phi) is 15.7. The topological polar surface area (TPSA) is 102 Å². The molecular formula is C21H41NO8. The van der Waals surface area contributed by atoms with Gasteiger partial charge in [-0.05, 0) is 41.5 Å². The third kappa shape index (κ3) is 21.4. The first-order valence-corrected chi connectivity index (χ1v) is 10.4. The molecule has 1 unspecified atom stereocenters. The van der Waals surface area contributed by atoms with Crippen molar-refractivity contribution in [2.75, 3.05) is 66.0 Å². The molecule has 0 heterocycles. The van der Waals surface area contributed by atoms with Crippen LogP contribution in [0.1, 0.15) is 41.5 Å². The van der Waals surface area contributed by atoms with Gasteiger partial charge in [-0.15, -0.1) is 0 Å². The summed E-state index contributed by atoms with van der Waals surface area (Å²) in [5.74, 6) is -0.271. The molecule has 0 aromatic heterocycles. The van der Waals surface area contributed by atoms with Crippen LogP contribution in [0.4, 0.5) is 4.79 Å². The average Bonchev–Trinajstić information content (AvgIpc) is 2.62. The molecule has 1 amide bonds. The summed E-state index contributed by atoms with van der Waals surface area (Å²) in [6.07, 6.45) is 0.402. The zero-order chi connectivity index (χ0) is 22.9. The van der Waals surface area contributed by atoms with Crippen LogP contribution in [0, 0.1) is 5.92 Å². The van der Waals surface area contributed by atoms with Gasteiger partial charge in [-0.1, -0.05) is 0 Å². The van der Waals surface area contributed by atoms with Crippen molar-refractivity contribution in [2.45, 2.75) is 52.7 Å². The van der Waals surface area contributed by atoms with Gasteiger partial charge in [-0.3, -0.25) is 0 Å². The highest BCUT2D eigenvalue weighted by Crippen LogP contribution is 2.09. The van der Waals surface area contributed by atoms with E-state index in [-0.39, 0.29) is 11.5 Å². The second-order valence-corrected chi connectivity index (χ2v) is 8.66. The van der Waals surface area contributed by atoms with Gasteiger partial charge in [0.05, 0.1) is 71.0 Å². The second-order valence-electron chi connectivity index (χ2n) is 8.66. The number of ether oxygens (including phenoxy) is 6. The lowest BCUT2D eigenvalue weighted by molar-refractivity contribution is -0.118. The van der Waals surface area contributed by atoms with Gasteiger partial charge in [0.15, 0.2) is 0 Å². The molecule has 0 bridgehead atoms. The molecule has 0 saturated carbocycles. The van der Waals surface area contributed by atoms with Crippen molar-refractivity contribution in [3.05, 3.63) is 0 Å². The lowest BCUT2D eigenvalue weighted by Gasteiger charge is -2.21. The first kappa shape index (κ1) is 28.7. The number of carbonyl (C=O) groups is 2. The molecule has 0 aromatic rings. The summed E-state index contributed by atoms with van der Waals surface area (Å²) in [6, 6.07) is 0. The molecule has 30 heavy (non-hydrogen) atoms. The van der Waals surface area contributed by atoms with E-state index in [9.17, 15) is 9.59 Å². The van der Waals surface area contributed by atoms with Crippen molar-refractivity contribution in [3.63, 3.8) is 0 Å². The molecule has 0 aliphatic heterocycles. The van der Waals surface area contributed by atoms with E-state index in [1.807, 2.05) is 41.5 Å². The molecule has 178 valence electrons. The second kappa shape index (κ2) is 16.4. The monoisotopic (exact) mass is 435 g/mol. The number of hydrogen-bond donors (Lipinski definition) is 1. The van der Waals surface area contributed by atoms with Crippen LogP contribution in [-0.4, -0.2) is 89.6 Å². The van der Waals surface area contributed by atoms with Crippen LogP contribution in [0.25, 0.3) is 0 Å². The maximum Gasteiger partial charge on any atom is 0.407 e. The molecule has 0 aromatic carbocycles. The molecule has 0 fully saturated rings. The minimum Gasteiger partial charge on any atom is -0.444 e. The zero-order valence-electron chi connectivity index (χ0n) is 19.5. The first-order valence-electron chi connectivity index (χ1n) is 10.4. The Morgan fingerprint density at radius 3 is 1.73 bits per heavy atom. The summed E-state index contributed by atoms with van der Waals surface area (Å²) >= 11 is 0. The third-order valence-electron chi connectivity index (χ3n) is 3.29. The maximum absolute atomic E-state index is 11.4. The Morgan fingerprint density at radius 2 is 1.27 bits per heavy atom. The van der Waals surface area contributed by atoms with Gasteiger partial charge in [0.1, 0.15) is 11.9 Å². The predicted molar refractivity (Wildman–Crippen MR) is 113 cm³/mol. The van der Waals surface area contributed by atoms with Gasteiger partial charge in [0, 0.05) is 6.54 Å². The number of alkyl carbamates (subject to hydrolysis) is 1. The largest absolute Gasteiger partial charge is 0.444 e. The number of rotatable bonds is 17. The highest BCUT2D eigenvalue weighted by molar-refractivity contribution is 5.67. The van der Waals surface area contributed by atoms with Crippen LogP contribution in [0.5, 0.6) is 0 Å². The van der Waals surface area contributed by atoms with Crippen molar-refractivity contribution in [2.24, 2.45) is 5.92 Å². The van der Waals surface area contributed by atoms with E-state index in [0.717, 1.165) is 6.29 Å². The lowest BCUT2D eigenvalue weighted by Crippen LogP contribution is -2.34. The third-order valence-corrected chi connectivity index (χ3v) is 3.29. The molecule has 0 aliphatic rings. The average molecular weight is 436 g/mol. The minimum atomic E-state index is -0.508. The molecule has 0 spiro atoms. The molecule has 9 heteroatoms. The van der Waals surface area contributed by atoms with E-state index in [1.165, 1.54) is 0 Å². The van der Waals surface area contributed by atoms with Crippen molar-refractivity contribution in [3.8, 4) is 0 Å². The van der Waals surface area contributed by atoms with Crippen LogP contribution in [0.2, 0.25) is 0 Å². The van der Waals surface area contributed by atoms with Crippen LogP contribution in [0.15, 0.2) is 0 Å². The maximum atomic E-state index is 11.4. The van der Waals surface area contributed by atoms with Gasteiger partial charge < -0.3 is 38.5 Å². The highest BCUT2D eigenvalue weighted by atomic mass is 16.6. The summed E-state index contributed by atoms with van der Waals surface area (Å²) < 4.78 is 32.3. The fourth-order valence-electron chi connectivity index (χ4n) is 1.92. The van der Waals surface area contributed by atoms with Gasteiger partial charge >= 0.3 is 6.09 Å². The number of carbonyl (C=O) groups excluding carboxylic acids is 2. The summed E-state index contributed by atoms with van der Waals surface area (Å²) in [7, 11) is 0. The zero-order valence-corrected chi connectivity index (χ0v) is 19.5. The number of nitrogens with one attached hydrogen (secondary N) is 1. The molecule has 9 nitrogen and oxygen atoms in total. The predicted octanol–water partition coefficient (Wildman–Crippen LogP) is 2.21. The highest BCUT2D eigenvalue weighted by Gasteiger charge is 2.16. The van der Waals surface area contributed by atoms with Crippen molar-refractivity contribution >= 4 is 12.4 Å². The van der Waals surface area contributed by atoms with Gasteiger partial charge in [-0.25, -0.2) is 4.79 Å². The van der Waals surface area contributed by atoms with Gasteiger partial charge in [0.25, 0.3) is 0 Å². The van der Waals surface area contributed by atoms with E-state index in [1.54, 1.807) is 0 Å². The van der Waals surface area contributed by atoms with Crippen LogP contribution < -0.4 is 5.32 Å². The Bertz CT molecular complexity index is 445.